The molecule has 1 saturated heterocycles. The number of fused-ring (bicyclic) bond motifs is 2. The standard InChI is InChI=1S/C15H17BrClN3O2/c1-14-2-3-15(6-14,20-13(14)22)7-19-12(21)9-4-8(16)5-10(17)11(9)18/h4-5H,2-3,6-7,18H2,1H3,(H,19,21)(H,20,22). The maximum absolute atomic E-state index is 12.4. The van der Waals surface area contributed by atoms with Gasteiger partial charge in [-0.05, 0) is 31.4 Å². The molecule has 0 spiro atoms. The highest BCUT2D eigenvalue weighted by Gasteiger charge is 2.57. The van der Waals surface area contributed by atoms with Crippen LogP contribution in [0.25, 0.3) is 0 Å². The second-order valence-electron chi connectivity index (χ2n) is 6.50. The number of piperidine rings is 1. The number of anilines is 1. The Morgan fingerprint density at radius 2 is 2.23 bits per heavy atom. The first-order valence-electron chi connectivity index (χ1n) is 7.10. The highest BCUT2D eigenvalue weighted by molar-refractivity contribution is 9.10. The Kier molecular flexibility index (Phi) is 3.64. The second-order valence-corrected chi connectivity index (χ2v) is 7.83. The van der Waals surface area contributed by atoms with Gasteiger partial charge in [0.2, 0.25) is 5.91 Å². The molecule has 1 heterocycles. The molecule has 22 heavy (non-hydrogen) atoms. The zero-order chi connectivity index (χ0) is 16.1. The summed E-state index contributed by atoms with van der Waals surface area (Å²) in [4.78, 5) is 24.3. The summed E-state index contributed by atoms with van der Waals surface area (Å²) >= 11 is 9.30. The number of carbonyl (C=O) groups is 2. The van der Waals surface area contributed by atoms with Crippen LogP contribution in [0.15, 0.2) is 16.6 Å². The van der Waals surface area contributed by atoms with Gasteiger partial charge in [-0.25, -0.2) is 0 Å². The smallest absolute Gasteiger partial charge is 0.253 e. The molecule has 0 radical (unpaired) electrons. The lowest BCUT2D eigenvalue weighted by atomic mass is 9.89. The molecular formula is C15H17BrClN3O2. The number of nitrogens with one attached hydrogen (secondary N) is 2. The van der Waals surface area contributed by atoms with Crippen molar-refractivity contribution in [3.63, 3.8) is 0 Å². The molecule has 118 valence electrons. The summed E-state index contributed by atoms with van der Waals surface area (Å²) < 4.78 is 0.692. The van der Waals surface area contributed by atoms with Crippen LogP contribution in [0, 0.1) is 5.41 Å². The van der Waals surface area contributed by atoms with E-state index in [1.807, 2.05) is 6.92 Å². The van der Waals surface area contributed by atoms with Gasteiger partial charge < -0.3 is 16.4 Å². The Morgan fingerprint density at radius 1 is 1.50 bits per heavy atom. The Hall–Kier alpha value is -1.27. The number of benzene rings is 1. The van der Waals surface area contributed by atoms with Crippen LogP contribution in [0.5, 0.6) is 0 Å². The number of rotatable bonds is 3. The van der Waals surface area contributed by atoms with Crippen molar-refractivity contribution in [3.05, 3.63) is 27.2 Å². The van der Waals surface area contributed by atoms with Gasteiger partial charge in [0.25, 0.3) is 5.91 Å². The van der Waals surface area contributed by atoms with Crippen molar-refractivity contribution in [2.75, 3.05) is 12.3 Å². The summed E-state index contributed by atoms with van der Waals surface area (Å²) in [6, 6.07) is 3.28. The van der Waals surface area contributed by atoms with Gasteiger partial charge in [-0.3, -0.25) is 9.59 Å². The molecule has 1 saturated carbocycles. The van der Waals surface area contributed by atoms with Gasteiger partial charge in [0.05, 0.1) is 21.8 Å². The summed E-state index contributed by atoms with van der Waals surface area (Å²) in [6.45, 7) is 2.38. The van der Waals surface area contributed by atoms with E-state index >= 15 is 0 Å². The van der Waals surface area contributed by atoms with Gasteiger partial charge in [0.1, 0.15) is 0 Å². The van der Waals surface area contributed by atoms with Crippen molar-refractivity contribution < 1.29 is 9.59 Å². The van der Waals surface area contributed by atoms with E-state index in [4.69, 9.17) is 17.3 Å². The number of carbonyl (C=O) groups excluding carboxylic acids is 2. The number of halogens is 2. The van der Waals surface area contributed by atoms with Gasteiger partial charge in [0, 0.05) is 16.4 Å². The zero-order valence-electron chi connectivity index (χ0n) is 12.1. The largest absolute Gasteiger partial charge is 0.397 e. The predicted molar refractivity (Wildman–Crippen MR) is 88.7 cm³/mol. The van der Waals surface area contributed by atoms with Crippen molar-refractivity contribution in [1.82, 2.24) is 10.6 Å². The van der Waals surface area contributed by atoms with E-state index in [1.54, 1.807) is 12.1 Å². The Morgan fingerprint density at radius 3 is 2.82 bits per heavy atom. The van der Waals surface area contributed by atoms with Gasteiger partial charge >= 0.3 is 0 Å². The minimum Gasteiger partial charge on any atom is -0.397 e. The number of amides is 2. The van der Waals surface area contributed by atoms with Crippen molar-refractivity contribution in [3.8, 4) is 0 Å². The fourth-order valence-electron chi connectivity index (χ4n) is 3.44. The van der Waals surface area contributed by atoms with E-state index in [1.165, 1.54) is 0 Å². The molecule has 4 N–H and O–H groups in total. The third-order valence-electron chi connectivity index (χ3n) is 4.74. The minimum absolute atomic E-state index is 0.0815. The predicted octanol–water partition coefficient (Wildman–Crippen LogP) is 2.47. The molecule has 5 nitrogen and oxygen atoms in total. The molecule has 1 aliphatic carbocycles. The van der Waals surface area contributed by atoms with E-state index in [0.29, 0.717) is 21.6 Å². The molecule has 2 unspecified atom stereocenters. The molecule has 1 aromatic carbocycles. The van der Waals surface area contributed by atoms with E-state index < -0.39 is 0 Å². The van der Waals surface area contributed by atoms with Crippen LogP contribution in [0.1, 0.15) is 36.5 Å². The van der Waals surface area contributed by atoms with Crippen LogP contribution in [-0.4, -0.2) is 23.9 Å². The molecular weight excluding hydrogens is 370 g/mol. The lowest BCUT2D eigenvalue weighted by Crippen LogP contribution is -2.51. The fraction of sp³-hybridized carbons (Fsp3) is 0.467. The van der Waals surface area contributed by atoms with Crippen LogP contribution in [0.3, 0.4) is 0 Å². The highest BCUT2D eigenvalue weighted by Crippen LogP contribution is 2.49. The van der Waals surface area contributed by atoms with Crippen molar-refractivity contribution in [2.24, 2.45) is 5.41 Å². The van der Waals surface area contributed by atoms with E-state index in [0.717, 1.165) is 19.3 Å². The zero-order valence-corrected chi connectivity index (χ0v) is 14.5. The second kappa shape index (κ2) is 5.13. The minimum atomic E-state index is -0.327. The number of nitrogen functional groups attached to an aromatic ring is 1. The monoisotopic (exact) mass is 385 g/mol. The van der Waals surface area contributed by atoms with Gasteiger partial charge in [0.15, 0.2) is 0 Å². The summed E-state index contributed by atoms with van der Waals surface area (Å²) in [6.07, 6.45) is 2.50. The van der Waals surface area contributed by atoms with Crippen molar-refractivity contribution >= 4 is 45.0 Å². The van der Waals surface area contributed by atoms with Crippen LogP contribution in [0.2, 0.25) is 5.02 Å². The molecule has 3 rings (SSSR count). The molecule has 2 atom stereocenters. The number of nitrogens with two attached hydrogens (primary N) is 1. The average molecular weight is 387 g/mol. The first-order chi connectivity index (χ1) is 10.2. The summed E-state index contributed by atoms with van der Waals surface area (Å²) in [7, 11) is 0. The molecule has 2 aliphatic rings. The Bertz CT molecular complexity index is 681. The average Bonchev–Trinajstić information content (AvgIpc) is 2.91. The number of hydrogen-bond donors (Lipinski definition) is 3. The molecule has 2 bridgehead atoms. The molecule has 0 aromatic heterocycles. The van der Waals surface area contributed by atoms with E-state index in [2.05, 4.69) is 26.6 Å². The molecule has 1 aliphatic heterocycles. The fourth-order valence-corrected chi connectivity index (χ4v) is 4.25. The van der Waals surface area contributed by atoms with Gasteiger partial charge in [-0.2, -0.15) is 0 Å². The normalized spacial score (nSPS) is 29.5. The van der Waals surface area contributed by atoms with Gasteiger partial charge in [-0.15, -0.1) is 0 Å². The molecule has 1 aromatic rings. The van der Waals surface area contributed by atoms with Crippen molar-refractivity contribution in [1.29, 1.82) is 0 Å². The summed E-state index contributed by atoms with van der Waals surface area (Å²) in [5.41, 5.74) is 5.84. The third kappa shape index (κ3) is 2.48. The highest BCUT2D eigenvalue weighted by atomic mass is 79.9. The summed E-state index contributed by atoms with van der Waals surface area (Å²) in [5.74, 6) is -0.206. The van der Waals surface area contributed by atoms with Crippen LogP contribution >= 0.6 is 27.5 Å². The Labute approximate surface area is 142 Å². The van der Waals surface area contributed by atoms with Crippen LogP contribution in [0.4, 0.5) is 5.69 Å². The van der Waals surface area contributed by atoms with Crippen LogP contribution < -0.4 is 16.4 Å². The van der Waals surface area contributed by atoms with E-state index in [-0.39, 0.29) is 28.5 Å². The topological polar surface area (TPSA) is 84.2 Å². The quantitative estimate of drug-likeness (QED) is 0.698. The molecule has 7 heteroatoms. The first kappa shape index (κ1) is 15.6. The summed E-state index contributed by atoms with van der Waals surface area (Å²) in [5, 5.41) is 6.24. The third-order valence-corrected chi connectivity index (χ3v) is 5.51. The van der Waals surface area contributed by atoms with Crippen LogP contribution in [-0.2, 0) is 4.79 Å². The lowest BCUT2D eigenvalue weighted by Gasteiger charge is -2.28. The van der Waals surface area contributed by atoms with E-state index in [9.17, 15) is 9.59 Å². The number of hydrogen-bond acceptors (Lipinski definition) is 3. The maximum Gasteiger partial charge on any atom is 0.253 e. The SMILES string of the molecule is CC12CCC(CNC(=O)c3cc(Br)cc(Cl)c3N)(C1)NC2=O. The first-order valence-corrected chi connectivity index (χ1v) is 8.27. The Balaban J connectivity index is 1.73. The maximum atomic E-state index is 12.4. The lowest BCUT2D eigenvalue weighted by molar-refractivity contribution is -0.128. The molecule has 2 amide bonds. The molecule has 2 fully saturated rings. The van der Waals surface area contributed by atoms with Gasteiger partial charge in [-0.1, -0.05) is 34.5 Å². The van der Waals surface area contributed by atoms with Crippen molar-refractivity contribution in [2.45, 2.75) is 31.7 Å².